The molecular formula is C14H13BrN2OS. The molecule has 0 fully saturated rings. The smallest absolute Gasteiger partial charge is 0.115 e. The molecular weight excluding hydrogens is 324 g/mol. The summed E-state index contributed by atoms with van der Waals surface area (Å²) >= 11 is 8.53. The number of phenols is 1. The zero-order valence-corrected chi connectivity index (χ0v) is 12.7. The molecule has 0 atom stereocenters. The van der Waals surface area contributed by atoms with Crippen LogP contribution in [-0.2, 0) is 0 Å². The molecule has 19 heavy (non-hydrogen) atoms. The number of aromatic hydroxyl groups is 1. The lowest BCUT2D eigenvalue weighted by Gasteiger charge is -2.22. The van der Waals surface area contributed by atoms with Crippen LogP contribution in [0.3, 0.4) is 0 Å². The van der Waals surface area contributed by atoms with Crippen molar-refractivity contribution in [3.05, 3.63) is 52.5 Å². The lowest BCUT2D eigenvalue weighted by Crippen LogP contribution is -2.17. The highest BCUT2D eigenvalue weighted by Crippen LogP contribution is 2.30. The van der Waals surface area contributed by atoms with E-state index in [9.17, 15) is 5.11 Å². The maximum absolute atomic E-state index is 9.33. The number of benzene rings is 2. The van der Waals surface area contributed by atoms with E-state index >= 15 is 0 Å². The third-order valence-electron chi connectivity index (χ3n) is 2.82. The second-order valence-electron chi connectivity index (χ2n) is 4.10. The number of thiocarbonyl (C=S) groups is 1. The fourth-order valence-electron chi connectivity index (χ4n) is 1.81. The summed E-state index contributed by atoms with van der Waals surface area (Å²) in [5.41, 5.74) is 8.42. The minimum Gasteiger partial charge on any atom is -0.508 e. The third-order valence-corrected chi connectivity index (χ3v) is 3.54. The number of rotatable bonds is 3. The van der Waals surface area contributed by atoms with E-state index in [1.54, 1.807) is 12.1 Å². The molecule has 0 aliphatic heterocycles. The highest BCUT2D eigenvalue weighted by molar-refractivity contribution is 9.10. The second kappa shape index (κ2) is 5.59. The molecule has 0 bridgehead atoms. The van der Waals surface area contributed by atoms with Gasteiger partial charge in [-0.2, -0.15) is 0 Å². The van der Waals surface area contributed by atoms with Crippen LogP contribution >= 0.6 is 28.1 Å². The molecule has 0 saturated heterocycles. The van der Waals surface area contributed by atoms with Crippen molar-refractivity contribution >= 4 is 44.5 Å². The number of anilines is 2. The SMILES string of the molecule is CN(c1ccc(O)cc1)c1cc(Br)ccc1C(N)=S. The van der Waals surface area contributed by atoms with Crippen LogP contribution < -0.4 is 10.6 Å². The summed E-state index contributed by atoms with van der Waals surface area (Å²) in [6, 6.07) is 12.7. The zero-order valence-electron chi connectivity index (χ0n) is 10.3. The predicted molar refractivity (Wildman–Crippen MR) is 86.2 cm³/mol. The summed E-state index contributed by atoms with van der Waals surface area (Å²) in [5.74, 6) is 0.237. The maximum Gasteiger partial charge on any atom is 0.115 e. The Morgan fingerprint density at radius 3 is 2.42 bits per heavy atom. The van der Waals surface area contributed by atoms with E-state index in [4.69, 9.17) is 18.0 Å². The molecule has 2 rings (SSSR count). The summed E-state index contributed by atoms with van der Waals surface area (Å²) < 4.78 is 0.952. The number of hydrogen-bond acceptors (Lipinski definition) is 3. The van der Waals surface area contributed by atoms with Gasteiger partial charge in [0.1, 0.15) is 10.7 Å². The highest BCUT2D eigenvalue weighted by Gasteiger charge is 2.12. The molecule has 0 spiro atoms. The first kappa shape index (κ1) is 13.8. The zero-order chi connectivity index (χ0) is 14.0. The van der Waals surface area contributed by atoms with Crippen LogP contribution in [0.25, 0.3) is 0 Å². The molecule has 0 heterocycles. The molecule has 2 aromatic carbocycles. The topological polar surface area (TPSA) is 49.5 Å². The summed E-state index contributed by atoms with van der Waals surface area (Å²) in [7, 11) is 1.93. The number of halogens is 1. The molecule has 0 aliphatic carbocycles. The van der Waals surface area contributed by atoms with Crippen molar-refractivity contribution in [3.8, 4) is 5.75 Å². The van der Waals surface area contributed by atoms with Crippen molar-refractivity contribution in [1.29, 1.82) is 0 Å². The summed E-state index contributed by atoms with van der Waals surface area (Å²) in [5, 5.41) is 9.33. The van der Waals surface area contributed by atoms with Crippen molar-refractivity contribution in [1.82, 2.24) is 0 Å². The van der Waals surface area contributed by atoms with Crippen LogP contribution in [0.5, 0.6) is 5.75 Å². The van der Waals surface area contributed by atoms with E-state index < -0.39 is 0 Å². The van der Waals surface area contributed by atoms with Crippen molar-refractivity contribution < 1.29 is 5.11 Å². The summed E-state index contributed by atoms with van der Waals surface area (Å²) in [6.45, 7) is 0. The van der Waals surface area contributed by atoms with Gasteiger partial charge in [0.15, 0.2) is 0 Å². The van der Waals surface area contributed by atoms with Crippen molar-refractivity contribution in [2.24, 2.45) is 5.73 Å². The Kier molecular flexibility index (Phi) is 4.07. The van der Waals surface area contributed by atoms with Gasteiger partial charge in [-0.05, 0) is 42.5 Å². The monoisotopic (exact) mass is 336 g/mol. The maximum atomic E-state index is 9.33. The van der Waals surface area contributed by atoms with E-state index in [-0.39, 0.29) is 5.75 Å². The average molecular weight is 337 g/mol. The molecule has 3 N–H and O–H groups in total. The molecule has 0 amide bonds. The first-order chi connectivity index (χ1) is 8.99. The lowest BCUT2D eigenvalue weighted by molar-refractivity contribution is 0.475. The predicted octanol–water partition coefficient (Wildman–Crippen LogP) is 3.56. The minimum absolute atomic E-state index is 0.237. The minimum atomic E-state index is 0.237. The summed E-state index contributed by atoms with van der Waals surface area (Å²) in [6.07, 6.45) is 0. The van der Waals surface area contributed by atoms with Crippen LogP contribution in [0, 0.1) is 0 Å². The van der Waals surface area contributed by atoms with E-state index in [0.717, 1.165) is 21.4 Å². The molecule has 0 unspecified atom stereocenters. The van der Waals surface area contributed by atoms with Crippen molar-refractivity contribution in [2.45, 2.75) is 0 Å². The van der Waals surface area contributed by atoms with Gasteiger partial charge in [-0.25, -0.2) is 0 Å². The Hall–Kier alpha value is -1.59. The number of nitrogens with zero attached hydrogens (tertiary/aromatic N) is 1. The fraction of sp³-hybridized carbons (Fsp3) is 0.0714. The number of hydrogen-bond donors (Lipinski definition) is 2. The Bertz CT molecular complexity index is 613. The number of phenolic OH excluding ortho intramolecular Hbond substituents is 1. The molecule has 3 nitrogen and oxygen atoms in total. The Labute approximate surface area is 125 Å². The molecule has 0 radical (unpaired) electrons. The molecule has 0 saturated carbocycles. The quantitative estimate of drug-likeness (QED) is 0.841. The Balaban J connectivity index is 2.48. The van der Waals surface area contributed by atoms with Crippen LogP contribution in [0.1, 0.15) is 5.56 Å². The molecule has 0 aromatic heterocycles. The second-order valence-corrected chi connectivity index (χ2v) is 5.46. The highest BCUT2D eigenvalue weighted by atomic mass is 79.9. The van der Waals surface area contributed by atoms with Gasteiger partial charge in [-0.3, -0.25) is 0 Å². The Morgan fingerprint density at radius 1 is 1.21 bits per heavy atom. The van der Waals surface area contributed by atoms with E-state index in [1.165, 1.54) is 0 Å². The van der Waals surface area contributed by atoms with Crippen molar-refractivity contribution in [3.63, 3.8) is 0 Å². The van der Waals surface area contributed by atoms with Gasteiger partial charge in [-0.15, -0.1) is 0 Å². The van der Waals surface area contributed by atoms with E-state index in [0.29, 0.717) is 4.99 Å². The average Bonchev–Trinajstić information content (AvgIpc) is 2.38. The summed E-state index contributed by atoms with van der Waals surface area (Å²) in [4.78, 5) is 2.33. The van der Waals surface area contributed by atoms with Gasteiger partial charge in [0.2, 0.25) is 0 Å². The largest absolute Gasteiger partial charge is 0.508 e. The first-order valence-corrected chi connectivity index (χ1v) is 6.81. The van der Waals surface area contributed by atoms with Gasteiger partial charge in [-0.1, -0.05) is 28.1 Å². The Morgan fingerprint density at radius 2 is 1.84 bits per heavy atom. The van der Waals surface area contributed by atoms with Gasteiger partial charge < -0.3 is 15.7 Å². The van der Waals surface area contributed by atoms with Crippen LogP contribution in [0.15, 0.2) is 46.9 Å². The standard InChI is InChI=1S/C14H13BrN2OS/c1-17(10-3-5-11(18)6-4-10)13-8-9(15)2-7-12(13)14(16)19/h2-8,18H,1H3,(H2,16,19). The normalized spacial score (nSPS) is 10.2. The van der Waals surface area contributed by atoms with Crippen LogP contribution in [0.2, 0.25) is 0 Å². The van der Waals surface area contributed by atoms with E-state index in [2.05, 4.69) is 15.9 Å². The van der Waals surface area contributed by atoms with E-state index in [1.807, 2.05) is 42.3 Å². The van der Waals surface area contributed by atoms with Crippen LogP contribution in [-0.4, -0.2) is 17.1 Å². The van der Waals surface area contributed by atoms with Crippen LogP contribution in [0.4, 0.5) is 11.4 Å². The van der Waals surface area contributed by atoms with Gasteiger partial charge >= 0.3 is 0 Å². The molecule has 5 heteroatoms. The molecule has 98 valence electrons. The lowest BCUT2D eigenvalue weighted by atomic mass is 10.1. The van der Waals surface area contributed by atoms with Gasteiger partial charge in [0.25, 0.3) is 0 Å². The molecule has 2 aromatic rings. The van der Waals surface area contributed by atoms with Crippen molar-refractivity contribution in [2.75, 3.05) is 11.9 Å². The van der Waals surface area contributed by atoms with Gasteiger partial charge in [0.05, 0.1) is 5.69 Å². The first-order valence-electron chi connectivity index (χ1n) is 5.61. The fourth-order valence-corrected chi connectivity index (χ4v) is 2.33. The molecule has 0 aliphatic rings. The van der Waals surface area contributed by atoms with Gasteiger partial charge in [0, 0.05) is 22.8 Å². The number of nitrogens with two attached hydrogens (primary N) is 1. The third kappa shape index (κ3) is 3.05.